The van der Waals surface area contributed by atoms with Crippen molar-refractivity contribution in [2.45, 2.75) is 26.7 Å². The fourth-order valence-electron chi connectivity index (χ4n) is 2.27. The summed E-state index contributed by atoms with van der Waals surface area (Å²) in [5.74, 6) is 0.731. The molecule has 3 aromatic rings. The Hall–Kier alpha value is -2.35. The SMILES string of the molecule is CCCCS(=O)(=O)Nc1ccc(-c2nc3cc(C)[nH]n3n2)cc1. The first-order valence-corrected chi connectivity index (χ1v) is 9.15. The van der Waals surface area contributed by atoms with Crippen LogP contribution in [0.1, 0.15) is 25.5 Å². The molecule has 0 bridgehead atoms. The van der Waals surface area contributed by atoms with Gasteiger partial charge in [-0.15, -0.1) is 5.10 Å². The summed E-state index contributed by atoms with van der Waals surface area (Å²) in [6.45, 7) is 3.90. The Morgan fingerprint density at radius 3 is 2.65 bits per heavy atom. The molecule has 0 spiro atoms. The molecule has 0 saturated heterocycles. The van der Waals surface area contributed by atoms with Crippen molar-refractivity contribution in [1.82, 2.24) is 19.8 Å². The minimum Gasteiger partial charge on any atom is -0.284 e. The number of hydrogen-bond donors (Lipinski definition) is 2. The summed E-state index contributed by atoms with van der Waals surface area (Å²) in [7, 11) is -3.28. The van der Waals surface area contributed by atoms with E-state index < -0.39 is 10.0 Å². The summed E-state index contributed by atoms with van der Waals surface area (Å²) >= 11 is 0. The number of sulfonamides is 1. The highest BCUT2D eigenvalue weighted by Gasteiger charge is 2.11. The number of fused-ring (bicyclic) bond motifs is 1. The molecular formula is C15H19N5O2S. The summed E-state index contributed by atoms with van der Waals surface area (Å²) < 4.78 is 28.0. The molecule has 0 radical (unpaired) electrons. The van der Waals surface area contributed by atoms with Crippen molar-refractivity contribution in [2.24, 2.45) is 0 Å². The predicted molar refractivity (Wildman–Crippen MR) is 89.8 cm³/mol. The lowest BCUT2D eigenvalue weighted by Crippen LogP contribution is -2.16. The number of nitrogens with one attached hydrogen (secondary N) is 2. The van der Waals surface area contributed by atoms with Crippen molar-refractivity contribution in [3.63, 3.8) is 0 Å². The molecule has 1 aromatic carbocycles. The lowest BCUT2D eigenvalue weighted by Gasteiger charge is -2.07. The first-order valence-electron chi connectivity index (χ1n) is 7.50. The number of unbranched alkanes of at least 4 members (excludes halogenated alkanes) is 1. The third-order valence-corrected chi connectivity index (χ3v) is 4.82. The van der Waals surface area contributed by atoms with Crippen LogP contribution in [0, 0.1) is 6.92 Å². The van der Waals surface area contributed by atoms with Gasteiger partial charge in [-0.25, -0.2) is 13.4 Å². The zero-order valence-corrected chi connectivity index (χ0v) is 13.9. The maximum Gasteiger partial charge on any atom is 0.232 e. The fourth-order valence-corrected chi connectivity index (χ4v) is 3.53. The highest BCUT2D eigenvalue weighted by atomic mass is 32.2. The Morgan fingerprint density at radius 1 is 1.26 bits per heavy atom. The maximum absolute atomic E-state index is 11.9. The second-order valence-corrected chi connectivity index (χ2v) is 7.34. The summed E-state index contributed by atoms with van der Waals surface area (Å²) in [6.07, 6.45) is 1.50. The van der Waals surface area contributed by atoms with Crippen LogP contribution in [0.25, 0.3) is 17.0 Å². The van der Waals surface area contributed by atoms with Gasteiger partial charge in [-0.2, -0.15) is 4.63 Å². The van der Waals surface area contributed by atoms with Crippen molar-refractivity contribution < 1.29 is 8.42 Å². The van der Waals surface area contributed by atoms with E-state index in [4.69, 9.17) is 0 Å². The first kappa shape index (κ1) is 15.5. The number of aromatic amines is 1. The van der Waals surface area contributed by atoms with Crippen LogP contribution in [-0.2, 0) is 10.0 Å². The van der Waals surface area contributed by atoms with Crippen LogP contribution in [0.15, 0.2) is 30.3 Å². The van der Waals surface area contributed by atoms with Gasteiger partial charge in [-0.3, -0.25) is 9.82 Å². The van der Waals surface area contributed by atoms with Crippen LogP contribution in [0.2, 0.25) is 0 Å². The van der Waals surface area contributed by atoms with E-state index in [1.807, 2.05) is 19.9 Å². The lowest BCUT2D eigenvalue weighted by atomic mass is 10.2. The maximum atomic E-state index is 11.9. The van der Waals surface area contributed by atoms with Crippen molar-refractivity contribution in [2.75, 3.05) is 10.5 Å². The molecule has 2 aromatic heterocycles. The minimum absolute atomic E-state index is 0.137. The number of hydrogen-bond acceptors (Lipinski definition) is 4. The smallest absolute Gasteiger partial charge is 0.232 e. The summed E-state index contributed by atoms with van der Waals surface area (Å²) in [4.78, 5) is 4.43. The Balaban J connectivity index is 1.77. The molecule has 0 unspecified atom stereocenters. The largest absolute Gasteiger partial charge is 0.284 e. The Kier molecular flexibility index (Phi) is 4.08. The molecule has 2 N–H and O–H groups in total. The van der Waals surface area contributed by atoms with E-state index in [2.05, 4.69) is 19.9 Å². The van der Waals surface area contributed by atoms with Gasteiger partial charge < -0.3 is 0 Å². The Bertz CT molecular complexity index is 878. The number of anilines is 1. The molecule has 122 valence electrons. The standard InChI is InChI=1S/C15H19N5O2S/c1-3-4-9-23(21,22)19-13-7-5-12(6-8-13)15-16-14-10-11(2)17-20(14)18-15/h5-8,10,17,19H,3-4,9H2,1-2H3. The monoisotopic (exact) mass is 333 g/mol. The van der Waals surface area contributed by atoms with E-state index in [9.17, 15) is 8.42 Å². The summed E-state index contributed by atoms with van der Waals surface area (Å²) in [6, 6.07) is 8.96. The van der Waals surface area contributed by atoms with Gasteiger partial charge in [-0.05, 0) is 37.6 Å². The van der Waals surface area contributed by atoms with Crippen LogP contribution in [0.4, 0.5) is 5.69 Å². The van der Waals surface area contributed by atoms with E-state index in [1.165, 1.54) is 0 Å². The first-order chi connectivity index (χ1) is 11.0. The van der Waals surface area contributed by atoms with Gasteiger partial charge in [0.2, 0.25) is 10.0 Å². The lowest BCUT2D eigenvalue weighted by molar-refractivity contribution is 0.598. The van der Waals surface area contributed by atoms with Gasteiger partial charge in [0.1, 0.15) is 0 Å². The summed E-state index contributed by atoms with van der Waals surface area (Å²) in [5, 5.41) is 7.42. The van der Waals surface area contributed by atoms with E-state index >= 15 is 0 Å². The van der Waals surface area contributed by atoms with E-state index in [0.717, 1.165) is 23.3 Å². The molecular weight excluding hydrogens is 314 g/mol. The predicted octanol–water partition coefficient (Wildman–Crippen LogP) is 2.57. The van der Waals surface area contributed by atoms with Crippen molar-refractivity contribution in [3.8, 4) is 11.4 Å². The number of aryl methyl sites for hydroxylation is 1. The molecule has 0 fully saturated rings. The third kappa shape index (κ3) is 3.53. The molecule has 0 aliphatic rings. The van der Waals surface area contributed by atoms with Gasteiger partial charge >= 0.3 is 0 Å². The van der Waals surface area contributed by atoms with Crippen molar-refractivity contribution in [3.05, 3.63) is 36.0 Å². The van der Waals surface area contributed by atoms with Crippen molar-refractivity contribution in [1.29, 1.82) is 0 Å². The molecule has 0 saturated carbocycles. The topological polar surface area (TPSA) is 92.1 Å². The number of benzene rings is 1. The number of aromatic nitrogens is 4. The molecule has 0 aliphatic heterocycles. The molecule has 23 heavy (non-hydrogen) atoms. The highest BCUT2D eigenvalue weighted by Crippen LogP contribution is 2.20. The van der Waals surface area contributed by atoms with Crippen molar-refractivity contribution >= 4 is 21.4 Å². The average Bonchev–Trinajstić information content (AvgIpc) is 3.03. The van der Waals surface area contributed by atoms with Crippen LogP contribution in [-0.4, -0.2) is 34.0 Å². The van der Waals surface area contributed by atoms with Gasteiger partial charge in [0.25, 0.3) is 0 Å². The zero-order chi connectivity index (χ0) is 16.4. The second-order valence-electron chi connectivity index (χ2n) is 5.50. The number of H-pyrrole nitrogens is 1. The van der Waals surface area contributed by atoms with Gasteiger partial charge in [0.15, 0.2) is 11.5 Å². The normalized spacial score (nSPS) is 11.9. The van der Waals surface area contributed by atoms with Crippen LogP contribution in [0.5, 0.6) is 0 Å². The zero-order valence-electron chi connectivity index (χ0n) is 13.1. The van der Waals surface area contributed by atoms with E-state index in [0.29, 0.717) is 17.9 Å². The van der Waals surface area contributed by atoms with Crippen LogP contribution in [0.3, 0.4) is 0 Å². The number of nitrogens with zero attached hydrogens (tertiary/aromatic N) is 3. The van der Waals surface area contributed by atoms with E-state index in [-0.39, 0.29) is 5.75 Å². The molecule has 0 aliphatic carbocycles. The molecule has 2 heterocycles. The minimum atomic E-state index is -3.28. The average molecular weight is 333 g/mol. The third-order valence-electron chi connectivity index (χ3n) is 3.44. The Labute approximate surface area is 134 Å². The highest BCUT2D eigenvalue weighted by molar-refractivity contribution is 7.92. The molecule has 3 rings (SSSR count). The Morgan fingerprint density at radius 2 is 2.00 bits per heavy atom. The molecule has 8 heteroatoms. The molecule has 0 atom stereocenters. The number of rotatable bonds is 6. The fraction of sp³-hybridized carbons (Fsp3) is 0.333. The summed E-state index contributed by atoms with van der Waals surface area (Å²) in [5.41, 5.74) is 3.12. The van der Waals surface area contributed by atoms with Gasteiger partial charge in [-0.1, -0.05) is 13.3 Å². The van der Waals surface area contributed by atoms with Gasteiger partial charge in [0.05, 0.1) is 5.75 Å². The van der Waals surface area contributed by atoms with Crippen LogP contribution >= 0.6 is 0 Å². The molecule has 0 amide bonds. The van der Waals surface area contributed by atoms with Crippen LogP contribution < -0.4 is 4.72 Å². The van der Waals surface area contributed by atoms with E-state index in [1.54, 1.807) is 28.9 Å². The quantitative estimate of drug-likeness (QED) is 0.725. The molecule has 7 nitrogen and oxygen atoms in total. The van der Waals surface area contributed by atoms with Gasteiger partial charge in [0, 0.05) is 23.0 Å². The second kappa shape index (κ2) is 6.04.